The molecule has 0 radical (unpaired) electrons. The van der Waals surface area contributed by atoms with Gasteiger partial charge in [0.2, 0.25) is 0 Å². The third-order valence-corrected chi connectivity index (χ3v) is 2.34. The molecule has 0 aliphatic heterocycles. The van der Waals surface area contributed by atoms with Crippen molar-refractivity contribution in [3.05, 3.63) is 11.6 Å². The minimum Gasteiger partial charge on any atom is -0.390 e. The summed E-state index contributed by atoms with van der Waals surface area (Å²) >= 11 is 0. The van der Waals surface area contributed by atoms with Crippen molar-refractivity contribution in [3.63, 3.8) is 0 Å². The van der Waals surface area contributed by atoms with E-state index in [1.54, 1.807) is 6.07 Å². The number of rotatable bonds is 1. The first kappa shape index (κ1) is 10.2. The molecule has 0 heterocycles. The monoisotopic (exact) mass is 185 g/mol. The first-order valence-electron chi connectivity index (χ1n) is 3.83. The van der Waals surface area contributed by atoms with E-state index in [0.29, 0.717) is 0 Å². The molecule has 5 heteroatoms. The number of nitriles is 1. The molecule has 0 spiro atoms. The van der Waals surface area contributed by atoms with E-state index in [1.165, 1.54) is 6.92 Å². The molecule has 0 saturated heterocycles. The van der Waals surface area contributed by atoms with Gasteiger partial charge >= 0.3 is 0 Å². The molecular weight excluding hydrogens is 174 g/mol. The van der Waals surface area contributed by atoms with Crippen LogP contribution in [0.4, 0.5) is 0 Å². The molecule has 4 N–H and O–H groups in total. The van der Waals surface area contributed by atoms with Crippen molar-refractivity contribution in [2.75, 3.05) is 0 Å². The van der Waals surface area contributed by atoms with E-state index >= 15 is 0 Å². The molecule has 1 aliphatic rings. The molecular formula is C8H11NO4. The van der Waals surface area contributed by atoms with Crippen LogP contribution in [0.15, 0.2) is 11.6 Å². The van der Waals surface area contributed by atoms with E-state index < -0.39 is 23.9 Å². The lowest BCUT2D eigenvalue weighted by Gasteiger charge is -2.32. The summed E-state index contributed by atoms with van der Waals surface area (Å²) in [5.41, 5.74) is -2.19. The van der Waals surface area contributed by atoms with Crippen LogP contribution in [0.3, 0.4) is 0 Å². The highest BCUT2D eigenvalue weighted by Crippen LogP contribution is 2.32. The van der Waals surface area contributed by atoms with E-state index in [-0.39, 0.29) is 5.57 Å². The minimum atomic E-state index is -2.06. The summed E-state index contributed by atoms with van der Waals surface area (Å²) in [7, 11) is 0. The number of hydrogen-bond acceptors (Lipinski definition) is 5. The summed E-state index contributed by atoms with van der Waals surface area (Å²) in [6.45, 7) is 1.24. The van der Waals surface area contributed by atoms with Gasteiger partial charge in [-0.2, -0.15) is 5.26 Å². The Labute approximate surface area is 75.2 Å². The largest absolute Gasteiger partial charge is 0.390 e. The van der Waals surface area contributed by atoms with Gasteiger partial charge in [0.05, 0.1) is 17.7 Å². The van der Waals surface area contributed by atoms with Crippen LogP contribution >= 0.6 is 0 Å². The average molecular weight is 185 g/mol. The standard InChI is InChI=1S/C8H11NO4/c1-4(10)8(13)6(11)2-5(3-9)7(8)12/h2,4,6-7,10-13H,1H3/t4-,6-,7-,8-/m0/s1. The maximum absolute atomic E-state index is 9.65. The van der Waals surface area contributed by atoms with Crippen LogP contribution in [0.1, 0.15) is 6.92 Å². The van der Waals surface area contributed by atoms with Crippen molar-refractivity contribution in [2.45, 2.75) is 30.8 Å². The van der Waals surface area contributed by atoms with Crippen molar-refractivity contribution in [1.82, 2.24) is 0 Å². The van der Waals surface area contributed by atoms with Crippen LogP contribution in [0.5, 0.6) is 0 Å². The smallest absolute Gasteiger partial charge is 0.150 e. The van der Waals surface area contributed by atoms with Crippen molar-refractivity contribution in [2.24, 2.45) is 0 Å². The zero-order valence-corrected chi connectivity index (χ0v) is 7.05. The van der Waals surface area contributed by atoms with Gasteiger partial charge in [-0.1, -0.05) is 0 Å². The highest BCUT2D eigenvalue weighted by Gasteiger charge is 2.52. The number of aliphatic hydroxyl groups excluding tert-OH is 3. The van der Waals surface area contributed by atoms with Gasteiger partial charge in [0.25, 0.3) is 0 Å². The highest BCUT2D eigenvalue weighted by atomic mass is 16.4. The lowest BCUT2D eigenvalue weighted by molar-refractivity contribution is -0.162. The Morgan fingerprint density at radius 3 is 2.38 bits per heavy atom. The summed E-state index contributed by atoms with van der Waals surface area (Å²) in [4.78, 5) is 0. The van der Waals surface area contributed by atoms with E-state index in [0.717, 1.165) is 6.08 Å². The summed E-state index contributed by atoms with van der Waals surface area (Å²) < 4.78 is 0. The Kier molecular flexibility index (Phi) is 2.41. The molecule has 0 aromatic heterocycles. The van der Waals surface area contributed by atoms with Gasteiger partial charge in [0.1, 0.15) is 17.8 Å². The Balaban J connectivity index is 3.03. The number of nitrogens with zero attached hydrogens (tertiary/aromatic N) is 1. The maximum atomic E-state index is 9.65. The second-order valence-electron chi connectivity index (χ2n) is 3.14. The number of aliphatic hydroxyl groups is 4. The molecule has 0 fully saturated rings. The summed E-state index contributed by atoms with van der Waals surface area (Å²) in [5.74, 6) is 0. The third-order valence-electron chi connectivity index (χ3n) is 2.34. The van der Waals surface area contributed by atoms with Gasteiger partial charge in [-0.15, -0.1) is 0 Å². The van der Waals surface area contributed by atoms with Crippen LogP contribution in [0, 0.1) is 11.3 Å². The summed E-state index contributed by atoms with van der Waals surface area (Å²) in [6.07, 6.45) is -3.23. The molecule has 1 rings (SSSR count). The lowest BCUT2D eigenvalue weighted by atomic mass is 9.89. The molecule has 0 unspecified atom stereocenters. The molecule has 0 aromatic rings. The van der Waals surface area contributed by atoms with Crippen LogP contribution < -0.4 is 0 Å². The first-order valence-corrected chi connectivity index (χ1v) is 3.83. The molecule has 1 aliphatic carbocycles. The fourth-order valence-electron chi connectivity index (χ4n) is 1.38. The molecule has 4 atom stereocenters. The molecule has 0 aromatic carbocycles. The van der Waals surface area contributed by atoms with Crippen LogP contribution in [-0.2, 0) is 0 Å². The fraction of sp³-hybridized carbons (Fsp3) is 0.625. The number of hydrogen-bond donors (Lipinski definition) is 4. The highest BCUT2D eigenvalue weighted by molar-refractivity contribution is 5.38. The van der Waals surface area contributed by atoms with E-state index in [4.69, 9.17) is 10.4 Å². The quantitative estimate of drug-likeness (QED) is 0.389. The molecule has 0 bridgehead atoms. The predicted octanol–water partition coefficient (Wildman–Crippen LogP) is -1.72. The van der Waals surface area contributed by atoms with Gasteiger partial charge in [-0.3, -0.25) is 0 Å². The van der Waals surface area contributed by atoms with Crippen molar-refractivity contribution in [3.8, 4) is 6.07 Å². The zero-order chi connectivity index (χ0) is 10.2. The van der Waals surface area contributed by atoms with Crippen LogP contribution in [0.25, 0.3) is 0 Å². The second-order valence-corrected chi connectivity index (χ2v) is 3.14. The Hall–Kier alpha value is -0.930. The maximum Gasteiger partial charge on any atom is 0.150 e. The molecule has 5 nitrogen and oxygen atoms in total. The molecule has 13 heavy (non-hydrogen) atoms. The van der Waals surface area contributed by atoms with Gasteiger partial charge in [0, 0.05) is 0 Å². The van der Waals surface area contributed by atoms with Crippen LogP contribution in [-0.4, -0.2) is 44.3 Å². The SMILES string of the molecule is C[C@H](O)[C@]1(O)[C@@H](O)C=C(C#N)[C@@H]1O. The van der Waals surface area contributed by atoms with Gasteiger partial charge < -0.3 is 20.4 Å². The Morgan fingerprint density at radius 2 is 2.15 bits per heavy atom. The molecule has 0 amide bonds. The molecule has 0 saturated carbocycles. The van der Waals surface area contributed by atoms with Crippen LogP contribution in [0.2, 0.25) is 0 Å². The van der Waals surface area contributed by atoms with E-state index in [1.807, 2.05) is 0 Å². The molecule has 72 valence electrons. The van der Waals surface area contributed by atoms with Crippen molar-refractivity contribution >= 4 is 0 Å². The minimum absolute atomic E-state index is 0.129. The lowest BCUT2D eigenvalue weighted by Crippen LogP contribution is -2.55. The van der Waals surface area contributed by atoms with Crippen molar-refractivity contribution in [1.29, 1.82) is 5.26 Å². The Bertz CT molecular complexity index is 280. The van der Waals surface area contributed by atoms with Gasteiger partial charge in [-0.05, 0) is 13.0 Å². The first-order chi connectivity index (χ1) is 5.94. The third kappa shape index (κ3) is 1.24. The zero-order valence-electron chi connectivity index (χ0n) is 7.05. The average Bonchev–Trinajstić information content (AvgIpc) is 2.30. The van der Waals surface area contributed by atoms with Crippen molar-refractivity contribution < 1.29 is 20.4 Å². The summed E-state index contributed by atoms with van der Waals surface area (Å²) in [6, 6.07) is 1.63. The normalized spacial score (nSPS) is 41.1. The Morgan fingerprint density at radius 1 is 1.62 bits per heavy atom. The topological polar surface area (TPSA) is 105 Å². The summed E-state index contributed by atoms with van der Waals surface area (Å²) in [5, 5.41) is 46.0. The van der Waals surface area contributed by atoms with E-state index in [2.05, 4.69) is 0 Å². The predicted molar refractivity (Wildman–Crippen MR) is 42.3 cm³/mol. The van der Waals surface area contributed by atoms with E-state index in [9.17, 15) is 15.3 Å². The fourth-order valence-corrected chi connectivity index (χ4v) is 1.38. The van der Waals surface area contributed by atoms with Gasteiger partial charge in [-0.25, -0.2) is 0 Å². The van der Waals surface area contributed by atoms with Gasteiger partial charge in [0.15, 0.2) is 0 Å². The second kappa shape index (κ2) is 3.09.